The van der Waals surface area contributed by atoms with Crippen LogP contribution < -0.4 is 15.5 Å². The lowest BCUT2D eigenvalue weighted by Gasteiger charge is -2.07. The Hall–Kier alpha value is -3.76. The van der Waals surface area contributed by atoms with Gasteiger partial charge in [0.05, 0.1) is 15.8 Å². The van der Waals surface area contributed by atoms with Crippen LogP contribution in [0.1, 0.15) is 11.1 Å². The number of anilines is 2. The van der Waals surface area contributed by atoms with Gasteiger partial charge in [-0.1, -0.05) is 11.6 Å². The number of amides is 1. The summed E-state index contributed by atoms with van der Waals surface area (Å²) in [5, 5.41) is 4.98. The van der Waals surface area contributed by atoms with Gasteiger partial charge in [-0.05, 0) is 49.4 Å². The SMILES string of the molecule is Cc1ccc2occ(/C=C/C(=O)Nc3ccc(S(=O)(=O)Nc4nccs4)cc3)c(=O)c2c1. The first-order valence-electron chi connectivity index (χ1n) is 9.35. The number of nitrogens with one attached hydrogen (secondary N) is 2. The Morgan fingerprint density at radius 1 is 1.16 bits per heavy atom. The molecule has 0 aliphatic rings. The second-order valence-corrected chi connectivity index (χ2v) is 9.39. The number of aromatic nitrogens is 1. The number of thiazole rings is 1. The molecule has 2 N–H and O–H groups in total. The number of carbonyl (C=O) groups is 1. The molecule has 0 atom stereocenters. The first-order valence-corrected chi connectivity index (χ1v) is 11.7. The number of aryl methyl sites for hydroxylation is 1. The van der Waals surface area contributed by atoms with Crippen LogP contribution in [0.3, 0.4) is 0 Å². The van der Waals surface area contributed by atoms with Crippen molar-refractivity contribution in [1.29, 1.82) is 0 Å². The summed E-state index contributed by atoms with van der Waals surface area (Å²) >= 11 is 1.17. The molecule has 4 aromatic rings. The van der Waals surface area contributed by atoms with Gasteiger partial charge in [0.1, 0.15) is 11.8 Å². The Morgan fingerprint density at radius 2 is 1.94 bits per heavy atom. The number of nitrogens with zero attached hydrogens (tertiary/aromatic N) is 1. The van der Waals surface area contributed by atoms with Crippen molar-refractivity contribution in [3.05, 3.63) is 87.7 Å². The second-order valence-electron chi connectivity index (χ2n) is 6.81. The number of benzene rings is 2. The van der Waals surface area contributed by atoms with Crippen LogP contribution in [0.4, 0.5) is 10.8 Å². The van der Waals surface area contributed by atoms with Gasteiger partial charge in [0, 0.05) is 23.3 Å². The van der Waals surface area contributed by atoms with Gasteiger partial charge in [-0.2, -0.15) is 0 Å². The van der Waals surface area contributed by atoms with Crippen LogP contribution in [0, 0.1) is 6.92 Å². The highest BCUT2D eigenvalue weighted by atomic mass is 32.2. The topological polar surface area (TPSA) is 118 Å². The molecule has 0 saturated heterocycles. The number of sulfonamides is 1. The van der Waals surface area contributed by atoms with Crippen LogP contribution in [0.25, 0.3) is 17.0 Å². The summed E-state index contributed by atoms with van der Waals surface area (Å²) in [7, 11) is -3.77. The first-order chi connectivity index (χ1) is 15.3. The van der Waals surface area contributed by atoms with Gasteiger partial charge in [0.15, 0.2) is 10.6 Å². The third kappa shape index (κ3) is 4.76. The lowest BCUT2D eigenvalue weighted by molar-refractivity contribution is -0.111. The van der Waals surface area contributed by atoms with Crippen molar-refractivity contribution in [3.8, 4) is 0 Å². The predicted molar refractivity (Wildman–Crippen MR) is 124 cm³/mol. The van der Waals surface area contributed by atoms with Gasteiger partial charge in [-0.15, -0.1) is 11.3 Å². The summed E-state index contributed by atoms with van der Waals surface area (Å²) in [6.45, 7) is 1.88. The van der Waals surface area contributed by atoms with E-state index in [0.717, 1.165) is 5.56 Å². The molecule has 2 aromatic carbocycles. The third-order valence-electron chi connectivity index (χ3n) is 4.46. The number of fused-ring (bicyclic) bond motifs is 1. The quantitative estimate of drug-likeness (QED) is 0.414. The molecule has 0 spiro atoms. The standard InChI is InChI=1S/C22H17N3O5S2/c1-14-2-8-19-18(12-14)21(27)15(13-30-19)3-9-20(26)24-16-4-6-17(7-5-16)32(28,29)25-22-23-10-11-31-22/h2-13H,1H3,(H,23,25)(H,24,26)/b9-3+. The molecule has 4 rings (SSSR count). The summed E-state index contributed by atoms with van der Waals surface area (Å²) in [6, 6.07) is 11.0. The number of hydrogen-bond donors (Lipinski definition) is 2. The molecule has 0 fully saturated rings. The first kappa shape index (κ1) is 21.5. The average molecular weight is 468 g/mol. The minimum Gasteiger partial charge on any atom is -0.463 e. The zero-order valence-electron chi connectivity index (χ0n) is 16.7. The number of carbonyl (C=O) groups excluding carboxylic acids is 1. The van der Waals surface area contributed by atoms with Crippen molar-refractivity contribution in [1.82, 2.24) is 4.98 Å². The fraction of sp³-hybridized carbons (Fsp3) is 0.0455. The summed E-state index contributed by atoms with van der Waals surface area (Å²) in [4.78, 5) is 28.8. The van der Waals surface area contributed by atoms with E-state index in [1.165, 1.54) is 60.2 Å². The van der Waals surface area contributed by atoms with E-state index in [1.807, 2.05) is 13.0 Å². The molecular formula is C22H17N3O5S2. The Morgan fingerprint density at radius 3 is 2.66 bits per heavy atom. The van der Waals surface area contributed by atoms with Crippen molar-refractivity contribution in [2.75, 3.05) is 10.0 Å². The lowest BCUT2D eigenvalue weighted by atomic mass is 10.1. The predicted octanol–water partition coefficient (Wildman–Crippen LogP) is 4.01. The Balaban J connectivity index is 1.45. The molecule has 8 nitrogen and oxygen atoms in total. The van der Waals surface area contributed by atoms with Crippen molar-refractivity contribution in [2.45, 2.75) is 11.8 Å². The molecule has 162 valence electrons. The van der Waals surface area contributed by atoms with Gasteiger partial charge in [0.2, 0.25) is 5.91 Å². The largest absolute Gasteiger partial charge is 0.463 e. The molecule has 32 heavy (non-hydrogen) atoms. The second kappa shape index (κ2) is 8.77. The Kier molecular flexibility index (Phi) is 5.89. The van der Waals surface area contributed by atoms with Crippen LogP contribution in [-0.2, 0) is 14.8 Å². The number of hydrogen-bond acceptors (Lipinski definition) is 7. The third-order valence-corrected chi connectivity index (χ3v) is 6.63. The van der Waals surface area contributed by atoms with Crippen LogP contribution in [0.5, 0.6) is 0 Å². The highest BCUT2D eigenvalue weighted by Gasteiger charge is 2.15. The average Bonchev–Trinajstić information content (AvgIpc) is 3.26. The summed E-state index contributed by atoms with van der Waals surface area (Å²) in [5.74, 6) is -0.481. The lowest BCUT2D eigenvalue weighted by Crippen LogP contribution is -2.13. The van der Waals surface area contributed by atoms with Gasteiger partial charge in [-0.25, -0.2) is 13.4 Å². The molecule has 0 aliphatic heterocycles. The van der Waals surface area contributed by atoms with Crippen LogP contribution in [-0.4, -0.2) is 19.3 Å². The molecule has 0 radical (unpaired) electrons. The fourth-order valence-electron chi connectivity index (χ4n) is 2.89. The van der Waals surface area contributed by atoms with Crippen LogP contribution in [0.15, 0.2) is 80.5 Å². The highest BCUT2D eigenvalue weighted by Crippen LogP contribution is 2.20. The van der Waals surface area contributed by atoms with Crippen molar-refractivity contribution in [3.63, 3.8) is 0 Å². The Labute approximate surface area is 187 Å². The monoisotopic (exact) mass is 467 g/mol. The molecule has 2 heterocycles. The highest BCUT2D eigenvalue weighted by molar-refractivity contribution is 7.93. The molecule has 0 saturated carbocycles. The van der Waals surface area contributed by atoms with Gasteiger partial charge in [-0.3, -0.25) is 14.3 Å². The Bertz CT molecular complexity index is 1470. The van der Waals surface area contributed by atoms with E-state index < -0.39 is 15.9 Å². The smallest absolute Gasteiger partial charge is 0.263 e. The van der Waals surface area contributed by atoms with E-state index in [9.17, 15) is 18.0 Å². The van der Waals surface area contributed by atoms with Crippen LogP contribution in [0.2, 0.25) is 0 Å². The molecule has 0 aliphatic carbocycles. The molecule has 0 unspecified atom stereocenters. The maximum absolute atomic E-state index is 12.6. The summed E-state index contributed by atoms with van der Waals surface area (Å²) < 4.78 is 32.6. The zero-order chi connectivity index (χ0) is 22.7. The number of rotatable bonds is 6. The van der Waals surface area contributed by atoms with Gasteiger partial charge in [0.25, 0.3) is 10.0 Å². The summed E-state index contributed by atoms with van der Waals surface area (Å²) in [6.07, 6.45) is 5.39. The molecular weight excluding hydrogens is 450 g/mol. The van der Waals surface area contributed by atoms with Crippen LogP contribution >= 0.6 is 11.3 Å². The minimum atomic E-state index is -3.77. The molecule has 10 heteroatoms. The van der Waals surface area contributed by atoms with E-state index in [-0.39, 0.29) is 21.0 Å². The van der Waals surface area contributed by atoms with Crippen molar-refractivity contribution < 1.29 is 17.6 Å². The van der Waals surface area contributed by atoms with Crippen molar-refractivity contribution >= 4 is 55.1 Å². The normalized spacial score (nSPS) is 11.7. The van der Waals surface area contributed by atoms with Crippen molar-refractivity contribution in [2.24, 2.45) is 0 Å². The van der Waals surface area contributed by atoms with E-state index in [4.69, 9.17) is 4.42 Å². The van der Waals surface area contributed by atoms with E-state index >= 15 is 0 Å². The fourth-order valence-corrected chi connectivity index (χ4v) is 4.68. The molecule has 0 bridgehead atoms. The molecule has 2 aromatic heterocycles. The van der Waals surface area contributed by atoms with Gasteiger partial charge < -0.3 is 9.73 Å². The molecule has 1 amide bonds. The zero-order valence-corrected chi connectivity index (χ0v) is 18.4. The van der Waals surface area contributed by atoms with E-state index in [0.29, 0.717) is 16.7 Å². The maximum Gasteiger partial charge on any atom is 0.263 e. The van der Waals surface area contributed by atoms with Gasteiger partial charge >= 0.3 is 0 Å². The van der Waals surface area contributed by atoms with E-state index in [2.05, 4.69) is 15.0 Å². The maximum atomic E-state index is 12.6. The van der Waals surface area contributed by atoms with E-state index in [1.54, 1.807) is 17.5 Å². The minimum absolute atomic E-state index is 0.0327. The summed E-state index contributed by atoms with van der Waals surface area (Å²) in [5.41, 5.74) is 1.81.